The standard InChI is InChI=1S/C36H54O2/c1-27-23-29(25-33(35(27)37)31-19-13-9-14-20-31)17-11-7-5-3-4-6-8-12-18-30-24-28(2)36(38)34(26-30)32-21-15-10-16-22-32/h23-26,31-32,37-38H,3-22H2,1-2H3. The number of unbranched alkanes of at least 4 members (excludes halogenated alkanes) is 7. The zero-order valence-corrected chi connectivity index (χ0v) is 24.5. The smallest absolute Gasteiger partial charge is 0.121 e. The number of rotatable bonds is 13. The van der Waals surface area contributed by atoms with Crippen LogP contribution in [0.25, 0.3) is 0 Å². The van der Waals surface area contributed by atoms with Crippen LogP contribution < -0.4 is 0 Å². The average molecular weight is 519 g/mol. The van der Waals surface area contributed by atoms with Gasteiger partial charge in [-0.05, 0) is 110 Å². The van der Waals surface area contributed by atoms with Gasteiger partial charge in [-0.15, -0.1) is 0 Å². The van der Waals surface area contributed by atoms with Crippen LogP contribution >= 0.6 is 0 Å². The summed E-state index contributed by atoms with van der Waals surface area (Å²) < 4.78 is 0. The van der Waals surface area contributed by atoms with Gasteiger partial charge in [0.05, 0.1) is 0 Å². The summed E-state index contributed by atoms with van der Waals surface area (Å²) in [6.45, 7) is 4.15. The first kappa shape index (κ1) is 29.0. The van der Waals surface area contributed by atoms with Crippen LogP contribution in [0.2, 0.25) is 0 Å². The second kappa shape index (κ2) is 15.0. The molecule has 4 rings (SSSR count). The van der Waals surface area contributed by atoms with Crippen LogP contribution in [-0.4, -0.2) is 10.2 Å². The summed E-state index contributed by atoms with van der Waals surface area (Å²) in [6.07, 6.45) is 25.8. The fourth-order valence-corrected chi connectivity index (χ4v) is 7.22. The minimum absolute atomic E-state index is 0.561. The van der Waals surface area contributed by atoms with E-state index >= 15 is 0 Å². The van der Waals surface area contributed by atoms with Gasteiger partial charge in [-0.2, -0.15) is 0 Å². The monoisotopic (exact) mass is 518 g/mol. The second-order valence-electron chi connectivity index (χ2n) is 12.7. The van der Waals surface area contributed by atoms with Crippen molar-refractivity contribution < 1.29 is 10.2 Å². The summed E-state index contributed by atoms with van der Waals surface area (Å²) in [5.74, 6) is 2.26. The molecule has 2 nitrogen and oxygen atoms in total. The molecule has 0 bridgehead atoms. The third-order valence-electron chi connectivity index (χ3n) is 9.55. The van der Waals surface area contributed by atoms with Crippen molar-refractivity contribution in [1.29, 1.82) is 0 Å². The van der Waals surface area contributed by atoms with E-state index in [1.54, 1.807) is 0 Å². The molecule has 2 aliphatic rings. The Hall–Kier alpha value is -1.96. The Morgan fingerprint density at radius 2 is 0.842 bits per heavy atom. The van der Waals surface area contributed by atoms with Crippen molar-refractivity contribution in [2.75, 3.05) is 0 Å². The molecule has 0 heterocycles. The van der Waals surface area contributed by atoms with Crippen LogP contribution in [0.4, 0.5) is 0 Å². The van der Waals surface area contributed by atoms with E-state index in [9.17, 15) is 10.2 Å². The van der Waals surface area contributed by atoms with E-state index in [2.05, 4.69) is 38.1 Å². The Morgan fingerprint density at radius 3 is 1.21 bits per heavy atom. The van der Waals surface area contributed by atoms with Crippen molar-refractivity contribution in [2.45, 2.75) is 154 Å². The topological polar surface area (TPSA) is 40.5 Å². The quantitative estimate of drug-likeness (QED) is 0.259. The predicted molar refractivity (Wildman–Crippen MR) is 162 cm³/mol. The minimum atomic E-state index is 0.561. The molecule has 2 aromatic rings. The maximum absolute atomic E-state index is 10.6. The Bertz CT molecular complexity index is 913. The number of benzene rings is 2. The highest BCUT2D eigenvalue weighted by Crippen LogP contribution is 2.40. The zero-order valence-electron chi connectivity index (χ0n) is 24.5. The molecule has 0 saturated heterocycles. The van der Waals surface area contributed by atoms with Crippen molar-refractivity contribution in [1.82, 2.24) is 0 Å². The molecule has 2 aliphatic carbocycles. The van der Waals surface area contributed by atoms with E-state index in [4.69, 9.17) is 0 Å². The van der Waals surface area contributed by atoms with Gasteiger partial charge in [0.25, 0.3) is 0 Å². The number of hydrogen-bond acceptors (Lipinski definition) is 2. The van der Waals surface area contributed by atoms with E-state index in [0.29, 0.717) is 23.3 Å². The second-order valence-corrected chi connectivity index (χ2v) is 12.7. The highest BCUT2D eigenvalue weighted by molar-refractivity contribution is 5.46. The van der Waals surface area contributed by atoms with Crippen molar-refractivity contribution in [3.8, 4) is 11.5 Å². The van der Waals surface area contributed by atoms with Gasteiger partial charge in [0.15, 0.2) is 0 Å². The Balaban J connectivity index is 1.10. The van der Waals surface area contributed by atoms with Crippen LogP contribution in [0, 0.1) is 13.8 Å². The van der Waals surface area contributed by atoms with Crippen molar-refractivity contribution in [3.05, 3.63) is 57.6 Å². The molecular formula is C36H54O2. The number of aryl methyl sites for hydroxylation is 4. The van der Waals surface area contributed by atoms with E-state index in [1.807, 2.05) is 0 Å². The molecule has 0 spiro atoms. The molecule has 2 fully saturated rings. The molecule has 0 aliphatic heterocycles. The minimum Gasteiger partial charge on any atom is -0.507 e. The highest BCUT2D eigenvalue weighted by atomic mass is 16.3. The summed E-state index contributed by atoms with van der Waals surface area (Å²) in [5.41, 5.74) is 7.44. The van der Waals surface area contributed by atoms with E-state index in [-0.39, 0.29) is 0 Å². The predicted octanol–water partition coefficient (Wildman–Crippen LogP) is 10.7. The number of phenols is 2. The summed E-state index contributed by atoms with van der Waals surface area (Å²) in [6, 6.07) is 9.09. The summed E-state index contributed by atoms with van der Waals surface area (Å²) in [5, 5.41) is 21.3. The molecule has 2 saturated carbocycles. The summed E-state index contributed by atoms with van der Waals surface area (Å²) in [7, 11) is 0. The van der Waals surface area contributed by atoms with Crippen LogP contribution in [0.3, 0.4) is 0 Å². The van der Waals surface area contributed by atoms with Crippen molar-refractivity contribution in [2.24, 2.45) is 0 Å². The number of hydrogen-bond donors (Lipinski definition) is 2. The first-order chi connectivity index (χ1) is 18.5. The van der Waals surface area contributed by atoms with E-state index in [0.717, 1.165) is 24.0 Å². The normalized spacial score (nSPS) is 17.2. The highest BCUT2D eigenvalue weighted by Gasteiger charge is 2.21. The number of phenolic OH excluding ortho intramolecular Hbond substituents is 2. The van der Waals surface area contributed by atoms with Gasteiger partial charge in [0, 0.05) is 0 Å². The Morgan fingerprint density at radius 1 is 0.500 bits per heavy atom. The first-order valence-electron chi connectivity index (χ1n) is 16.2. The maximum Gasteiger partial charge on any atom is 0.121 e. The van der Waals surface area contributed by atoms with Crippen LogP contribution in [0.1, 0.15) is 161 Å². The molecule has 0 radical (unpaired) electrons. The Kier molecular flexibility index (Phi) is 11.5. The average Bonchev–Trinajstić information content (AvgIpc) is 2.94. The maximum atomic E-state index is 10.6. The lowest BCUT2D eigenvalue weighted by Crippen LogP contribution is -2.06. The van der Waals surface area contributed by atoms with Gasteiger partial charge in [0.2, 0.25) is 0 Å². The van der Waals surface area contributed by atoms with Gasteiger partial charge in [-0.1, -0.05) is 101 Å². The Labute approximate surface area is 233 Å². The van der Waals surface area contributed by atoms with Crippen LogP contribution in [0.5, 0.6) is 11.5 Å². The third kappa shape index (κ3) is 8.27. The SMILES string of the molecule is Cc1cc(CCCCCCCCCCc2cc(C)c(O)c(C3CCCCC3)c2)cc(C2CCCCC2)c1O. The molecule has 0 unspecified atom stereocenters. The van der Waals surface area contributed by atoms with Gasteiger partial charge < -0.3 is 10.2 Å². The lowest BCUT2D eigenvalue weighted by atomic mass is 9.82. The van der Waals surface area contributed by atoms with Crippen molar-refractivity contribution in [3.63, 3.8) is 0 Å². The van der Waals surface area contributed by atoms with Crippen LogP contribution in [0.15, 0.2) is 24.3 Å². The largest absolute Gasteiger partial charge is 0.507 e. The molecular weight excluding hydrogens is 464 g/mol. The van der Waals surface area contributed by atoms with Crippen molar-refractivity contribution >= 4 is 0 Å². The molecule has 2 aromatic carbocycles. The third-order valence-corrected chi connectivity index (χ3v) is 9.55. The molecule has 0 atom stereocenters. The molecule has 0 amide bonds. The molecule has 0 aromatic heterocycles. The summed E-state index contributed by atoms with van der Waals surface area (Å²) in [4.78, 5) is 0. The van der Waals surface area contributed by atoms with Crippen LogP contribution in [-0.2, 0) is 12.8 Å². The van der Waals surface area contributed by atoms with Gasteiger partial charge in [0.1, 0.15) is 11.5 Å². The zero-order chi connectivity index (χ0) is 26.7. The van der Waals surface area contributed by atoms with Gasteiger partial charge >= 0.3 is 0 Å². The summed E-state index contributed by atoms with van der Waals surface area (Å²) >= 11 is 0. The van der Waals surface area contributed by atoms with Gasteiger partial charge in [-0.3, -0.25) is 0 Å². The molecule has 2 heteroatoms. The molecule has 38 heavy (non-hydrogen) atoms. The molecule has 2 N–H and O–H groups in total. The van der Waals surface area contributed by atoms with Gasteiger partial charge in [-0.25, -0.2) is 0 Å². The van der Waals surface area contributed by atoms with E-state index in [1.165, 1.54) is 138 Å². The number of aromatic hydroxyl groups is 2. The lowest BCUT2D eigenvalue weighted by Gasteiger charge is -2.24. The fourth-order valence-electron chi connectivity index (χ4n) is 7.22. The van der Waals surface area contributed by atoms with E-state index < -0.39 is 0 Å². The lowest BCUT2D eigenvalue weighted by molar-refractivity contribution is 0.412. The molecule has 210 valence electrons. The first-order valence-corrected chi connectivity index (χ1v) is 16.2. The fraction of sp³-hybridized carbons (Fsp3) is 0.667.